The zero-order chi connectivity index (χ0) is 15.4. The molecule has 0 heterocycles. The van der Waals surface area contributed by atoms with E-state index in [4.69, 9.17) is 0 Å². The van der Waals surface area contributed by atoms with E-state index < -0.39 is 0 Å². The van der Waals surface area contributed by atoms with Gasteiger partial charge in [0.25, 0.3) is 0 Å². The predicted molar refractivity (Wildman–Crippen MR) is 98.5 cm³/mol. The van der Waals surface area contributed by atoms with E-state index in [9.17, 15) is 0 Å². The second kappa shape index (κ2) is 13.1. The van der Waals surface area contributed by atoms with E-state index in [1.54, 1.807) is 0 Å². The molecule has 1 heteroatoms. The Kier molecular flexibility index (Phi) is 13.4. The van der Waals surface area contributed by atoms with E-state index in [-0.39, 0.29) is 7.92 Å². The molecule has 0 fully saturated rings. The van der Waals surface area contributed by atoms with Gasteiger partial charge >= 0.3 is 0 Å². The van der Waals surface area contributed by atoms with Crippen LogP contribution in [0.25, 0.3) is 0 Å². The molecule has 0 aliphatic rings. The molecule has 0 bridgehead atoms. The van der Waals surface area contributed by atoms with E-state index in [1.807, 2.05) is 0 Å². The summed E-state index contributed by atoms with van der Waals surface area (Å²) >= 11 is 0. The van der Waals surface area contributed by atoms with Gasteiger partial charge in [-0.1, -0.05) is 88.0 Å². The molecule has 0 amide bonds. The molecule has 0 aliphatic carbocycles. The Hall–Kier alpha value is 0.430. The van der Waals surface area contributed by atoms with Crippen molar-refractivity contribution in [2.45, 2.75) is 123 Å². The minimum Gasteiger partial charge on any atom is -0.0977 e. The fourth-order valence-electron chi connectivity index (χ4n) is 3.53. The fraction of sp³-hybridized carbons (Fsp3) is 1.00. The van der Waals surface area contributed by atoms with E-state index in [2.05, 4.69) is 41.5 Å². The van der Waals surface area contributed by atoms with Crippen molar-refractivity contribution in [2.24, 2.45) is 0 Å². The zero-order valence-corrected chi connectivity index (χ0v) is 16.1. The second-order valence-electron chi connectivity index (χ2n) is 6.66. The van der Waals surface area contributed by atoms with Gasteiger partial charge in [-0.3, -0.25) is 0 Å². The van der Waals surface area contributed by atoms with Crippen molar-refractivity contribution < 1.29 is 0 Å². The van der Waals surface area contributed by atoms with Gasteiger partial charge in [0, 0.05) is 0 Å². The maximum Gasteiger partial charge on any atom is -0.0207 e. The van der Waals surface area contributed by atoms with Crippen LogP contribution in [0.5, 0.6) is 0 Å². The first-order valence-corrected chi connectivity index (χ1v) is 10.9. The van der Waals surface area contributed by atoms with Gasteiger partial charge in [0.15, 0.2) is 0 Å². The van der Waals surface area contributed by atoms with Gasteiger partial charge in [0.05, 0.1) is 0 Å². The lowest BCUT2D eigenvalue weighted by atomic mass is 10.1. The third-order valence-corrected chi connectivity index (χ3v) is 8.79. The van der Waals surface area contributed by atoms with Crippen molar-refractivity contribution >= 4 is 7.92 Å². The molecule has 122 valence electrons. The monoisotopic (exact) mass is 300 g/mol. The smallest absolute Gasteiger partial charge is 0.0207 e. The number of unbranched alkanes of at least 4 members (excludes halogenated alkanes) is 4. The Balaban J connectivity index is 4.59. The summed E-state index contributed by atoms with van der Waals surface area (Å²) in [6.07, 6.45) is 14.4. The Morgan fingerprint density at radius 1 is 0.650 bits per heavy atom. The molecule has 0 aromatic rings. The molecule has 0 aromatic carbocycles. The lowest BCUT2D eigenvalue weighted by Crippen LogP contribution is -2.20. The molecule has 0 saturated heterocycles. The first kappa shape index (κ1) is 20.4. The Morgan fingerprint density at radius 2 is 1.05 bits per heavy atom. The van der Waals surface area contributed by atoms with Crippen LogP contribution in [0.4, 0.5) is 0 Å². The summed E-state index contributed by atoms with van der Waals surface area (Å²) in [5, 5.41) is 0. The SMILES string of the molecule is CCCCCC(CC)P(C(C)C)C(CC)CCCCC. The van der Waals surface area contributed by atoms with Crippen LogP contribution in [0.3, 0.4) is 0 Å². The molecule has 0 aromatic heterocycles. The van der Waals surface area contributed by atoms with Gasteiger partial charge in [0.1, 0.15) is 0 Å². The van der Waals surface area contributed by atoms with E-state index in [1.165, 1.54) is 64.2 Å². The van der Waals surface area contributed by atoms with Crippen molar-refractivity contribution in [3.8, 4) is 0 Å². The molecule has 0 spiro atoms. The van der Waals surface area contributed by atoms with Gasteiger partial charge in [-0.25, -0.2) is 0 Å². The lowest BCUT2D eigenvalue weighted by molar-refractivity contribution is 0.598. The molecule has 20 heavy (non-hydrogen) atoms. The van der Waals surface area contributed by atoms with Crippen LogP contribution in [-0.2, 0) is 0 Å². The first-order chi connectivity index (χ1) is 9.62. The topological polar surface area (TPSA) is 0 Å². The summed E-state index contributed by atoms with van der Waals surface area (Å²) < 4.78 is 0. The zero-order valence-electron chi connectivity index (χ0n) is 15.3. The van der Waals surface area contributed by atoms with Crippen molar-refractivity contribution in [1.82, 2.24) is 0 Å². The first-order valence-electron chi connectivity index (χ1n) is 9.39. The van der Waals surface area contributed by atoms with Crippen LogP contribution in [0, 0.1) is 0 Å². The second-order valence-corrected chi connectivity index (χ2v) is 10.0. The van der Waals surface area contributed by atoms with Crippen LogP contribution < -0.4 is 0 Å². The minimum absolute atomic E-state index is 0.220. The van der Waals surface area contributed by atoms with Crippen molar-refractivity contribution in [3.63, 3.8) is 0 Å². The highest BCUT2D eigenvalue weighted by Gasteiger charge is 2.28. The standard InChI is InChI=1S/C19H41P/c1-7-11-13-15-18(9-3)20(17(5)6)19(10-4)16-14-12-8-2/h17-19H,7-16H2,1-6H3. The number of hydrogen-bond donors (Lipinski definition) is 0. The molecule has 2 unspecified atom stereocenters. The van der Waals surface area contributed by atoms with Crippen molar-refractivity contribution in [1.29, 1.82) is 0 Å². The number of rotatable bonds is 13. The van der Waals surface area contributed by atoms with Crippen LogP contribution in [0.2, 0.25) is 0 Å². The van der Waals surface area contributed by atoms with E-state index in [0.717, 1.165) is 17.0 Å². The van der Waals surface area contributed by atoms with Gasteiger partial charge in [-0.05, 0) is 42.7 Å². The highest BCUT2D eigenvalue weighted by molar-refractivity contribution is 7.59. The summed E-state index contributed by atoms with van der Waals surface area (Å²) in [5.41, 5.74) is 2.98. The molecule has 0 rings (SSSR count). The largest absolute Gasteiger partial charge is 0.0977 e. The summed E-state index contributed by atoms with van der Waals surface area (Å²) in [4.78, 5) is 0. The van der Waals surface area contributed by atoms with Crippen LogP contribution in [0.1, 0.15) is 106 Å². The number of hydrogen-bond acceptors (Lipinski definition) is 0. The molecule has 2 atom stereocenters. The van der Waals surface area contributed by atoms with Crippen LogP contribution >= 0.6 is 7.92 Å². The van der Waals surface area contributed by atoms with Gasteiger partial charge in [-0.2, -0.15) is 0 Å². The van der Waals surface area contributed by atoms with Crippen molar-refractivity contribution in [3.05, 3.63) is 0 Å². The summed E-state index contributed by atoms with van der Waals surface area (Å²) in [5.74, 6) is 0. The Bertz CT molecular complexity index is 182. The molecule has 0 nitrogen and oxygen atoms in total. The summed E-state index contributed by atoms with van der Waals surface area (Å²) in [6, 6.07) is 0. The average molecular weight is 301 g/mol. The molecule has 0 N–H and O–H groups in total. The average Bonchev–Trinajstić information content (AvgIpc) is 2.44. The highest BCUT2D eigenvalue weighted by atomic mass is 31.1. The maximum atomic E-state index is 2.50. The van der Waals surface area contributed by atoms with Gasteiger partial charge in [-0.15, -0.1) is 0 Å². The molecular weight excluding hydrogens is 259 g/mol. The highest BCUT2D eigenvalue weighted by Crippen LogP contribution is 2.56. The fourth-order valence-corrected chi connectivity index (χ4v) is 7.62. The quantitative estimate of drug-likeness (QED) is 0.243. The molecule has 0 saturated carbocycles. The normalized spacial score (nSPS) is 16.4. The maximum absolute atomic E-state index is 2.50. The molecular formula is C19H41P. The summed E-state index contributed by atoms with van der Waals surface area (Å²) in [7, 11) is 0.220. The minimum atomic E-state index is 0.220. The van der Waals surface area contributed by atoms with Crippen LogP contribution in [0.15, 0.2) is 0 Å². The third-order valence-electron chi connectivity index (χ3n) is 4.66. The molecule has 0 radical (unpaired) electrons. The summed E-state index contributed by atoms with van der Waals surface area (Å²) in [6.45, 7) is 14.5. The van der Waals surface area contributed by atoms with Crippen LogP contribution in [-0.4, -0.2) is 17.0 Å². The van der Waals surface area contributed by atoms with E-state index in [0.29, 0.717) is 0 Å². The third kappa shape index (κ3) is 8.02. The van der Waals surface area contributed by atoms with Gasteiger partial charge < -0.3 is 0 Å². The molecule has 0 aliphatic heterocycles. The lowest BCUT2D eigenvalue weighted by Gasteiger charge is -2.37. The van der Waals surface area contributed by atoms with E-state index >= 15 is 0 Å². The predicted octanol–water partition coefficient (Wildman–Crippen LogP) is 7.59. The Labute approximate surface area is 131 Å². The Morgan fingerprint density at radius 3 is 1.30 bits per heavy atom. The van der Waals surface area contributed by atoms with Crippen molar-refractivity contribution in [2.75, 3.05) is 0 Å². The van der Waals surface area contributed by atoms with Gasteiger partial charge in [0.2, 0.25) is 0 Å².